The van der Waals surface area contributed by atoms with Gasteiger partial charge in [-0.1, -0.05) is 12.5 Å². The third kappa shape index (κ3) is 6.85. The van der Waals surface area contributed by atoms with E-state index in [4.69, 9.17) is 9.84 Å². The minimum Gasteiger partial charge on any atom is -0.494 e. The van der Waals surface area contributed by atoms with Gasteiger partial charge in [0.05, 0.1) is 13.7 Å². The molecule has 1 saturated carbocycles. The molecule has 1 fully saturated rings. The highest BCUT2D eigenvalue weighted by Crippen LogP contribution is 2.26. The van der Waals surface area contributed by atoms with Crippen LogP contribution in [0.4, 0.5) is 4.39 Å². The number of pyridine rings is 1. The van der Waals surface area contributed by atoms with Crippen LogP contribution in [0.2, 0.25) is 0 Å². The van der Waals surface area contributed by atoms with Gasteiger partial charge >= 0.3 is 0 Å². The third-order valence-corrected chi connectivity index (χ3v) is 6.28. The van der Waals surface area contributed by atoms with Crippen LogP contribution in [0.3, 0.4) is 0 Å². The fourth-order valence-corrected chi connectivity index (χ4v) is 4.53. The number of halogens is 1. The second kappa shape index (κ2) is 11.9. The van der Waals surface area contributed by atoms with Crippen molar-refractivity contribution in [3.05, 3.63) is 53.1 Å². The maximum absolute atomic E-state index is 13.6. The number of hydrogen-bond acceptors (Lipinski definition) is 8. The van der Waals surface area contributed by atoms with Crippen molar-refractivity contribution in [1.29, 1.82) is 0 Å². The van der Waals surface area contributed by atoms with Gasteiger partial charge in [0, 0.05) is 23.8 Å². The predicted octanol–water partition coefficient (Wildman–Crippen LogP) is 1.79. The summed E-state index contributed by atoms with van der Waals surface area (Å²) in [4.78, 5) is 30.2. The maximum atomic E-state index is 13.6. The highest BCUT2D eigenvalue weighted by atomic mass is 19.1. The first-order valence-corrected chi connectivity index (χ1v) is 12.1. The minimum atomic E-state index is -0.512. The molecule has 37 heavy (non-hydrogen) atoms. The molecule has 1 aliphatic rings. The van der Waals surface area contributed by atoms with Crippen LogP contribution in [0, 0.1) is 18.7 Å². The van der Waals surface area contributed by atoms with Gasteiger partial charge in [-0.3, -0.25) is 9.59 Å². The van der Waals surface area contributed by atoms with Crippen LogP contribution in [0.15, 0.2) is 30.3 Å². The summed E-state index contributed by atoms with van der Waals surface area (Å²) >= 11 is 0. The zero-order chi connectivity index (χ0) is 26.4. The Labute approximate surface area is 213 Å². The Hall–Kier alpha value is -3.93. The first kappa shape index (κ1) is 26.1. The van der Waals surface area contributed by atoms with Crippen molar-refractivity contribution in [3.8, 4) is 17.1 Å². The first-order valence-electron chi connectivity index (χ1n) is 12.1. The molecule has 1 aliphatic carbocycles. The van der Waals surface area contributed by atoms with E-state index in [1.165, 1.54) is 24.0 Å². The van der Waals surface area contributed by atoms with Crippen molar-refractivity contribution in [2.75, 3.05) is 13.7 Å². The lowest BCUT2D eigenvalue weighted by atomic mass is 9.85. The van der Waals surface area contributed by atoms with Gasteiger partial charge in [0.25, 0.3) is 5.91 Å². The lowest BCUT2D eigenvalue weighted by Crippen LogP contribution is -2.40. The Kier molecular flexibility index (Phi) is 8.39. The maximum Gasteiger partial charge on any atom is 0.270 e. The van der Waals surface area contributed by atoms with Crippen molar-refractivity contribution in [3.63, 3.8) is 0 Å². The lowest BCUT2D eigenvalue weighted by molar-refractivity contribution is -0.124. The van der Waals surface area contributed by atoms with Crippen LogP contribution in [-0.2, 0) is 17.9 Å². The second-order valence-corrected chi connectivity index (χ2v) is 9.16. The number of tetrazole rings is 1. The fourth-order valence-electron chi connectivity index (χ4n) is 4.53. The number of methoxy groups -OCH3 is 1. The van der Waals surface area contributed by atoms with Crippen LogP contribution < -0.4 is 15.4 Å². The smallest absolute Gasteiger partial charge is 0.270 e. The molecule has 2 atom stereocenters. The molecule has 3 N–H and O–H groups in total. The van der Waals surface area contributed by atoms with Crippen molar-refractivity contribution < 1.29 is 23.8 Å². The Bertz CT molecular complexity index is 1270. The van der Waals surface area contributed by atoms with E-state index in [1.54, 1.807) is 25.1 Å². The van der Waals surface area contributed by atoms with E-state index >= 15 is 0 Å². The molecule has 2 amide bonds. The Morgan fingerprint density at radius 1 is 1.24 bits per heavy atom. The Morgan fingerprint density at radius 2 is 2.08 bits per heavy atom. The molecule has 1 aromatic carbocycles. The number of carbonyl (C=O) groups is 2. The standard InChI is InChI=1S/C25H30FN7O4/c1-15-8-18(11-21(28-15)25(36)27-12-16-6-7-20(26)22(10-16)37-2)24-30-32-33(31-24)13-17-4-3-5-19(9-17)29-23(35)14-34/h6-8,10-11,17,19,34H,3-5,9,12-14H2,1-2H3,(H,27,36)(H,29,35)/t17-,19+/m1/s1. The summed E-state index contributed by atoms with van der Waals surface area (Å²) < 4.78 is 18.6. The number of amides is 2. The van der Waals surface area contributed by atoms with Crippen LogP contribution in [-0.4, -0.2) is 61.9 Å². The van der Waals surface area contributed by atoms with Crippen molar-refractivity contribution >= 4 is 11.8 Å². The average molecular weight is 512 g/mol. The van der Waals surface area contributed by atoms with Crippen molar-refractivity contribution in [2.45, 2.75) is 51.7 Å². The summed E-state index contributed by atoms with van der Waals surface area (Å²) in [5.41, 5.74) is 2.13. The molecule has 12 heteroatoms. The summed E-state index contributed by atoms with van der Waals surface area (Å²) in [6, 6.07) is 7.81. The fraction of sp³-hybridized carbons (Fsp3) is 0.440. The van der Waals surface area contributed by atoms with E-state index in [2.05, 4.69) is 31.0 Å². The quantitative estimate of drug-likeness (QED) is 0.394. The van der Waals surface area contributed by atoms with E-state index in [-0.39, 0.29) is 41.8 Å². The Morgan fingerprint density at radius 3 is 2.86 bits per heavy atom. The highest BCUT2D eigenvalue weighted by molar-refractivity contribution is 5.93. The van der Waals surface area contributed by atoms with Crippen LogP contribution in [0.5, 0.6) is 5.75 Å². The first-order chi connectivity index (χ1) is 17.8. The molecule has 196 valence electrons. The number of hydrogen-bond donors (Lipinski definition) is 3. The van der Waals surface area contributed by atoms with Crippen LogP contribution in [0.25, 0.3) is 11.4 Å². The lowest BCUT2D eigenvalue weighted by Gasteiger charge is -2.29. The summed E-state index contributed by atoms with van der Waals surface area (Å²) in [5, 5.41) is 27.4. The number of ether oxygens (including phenoxy) is 1. The number of benzene rings is 1. The SMILES string of the molecule is COc1cc(CNC(=O)c2cc(-c3nnn(C[C@@H]4CCC[C@H](NC(=O)CO)C4)n3)cc(C)n2)ccc1F. The summed E-state index contributed by atoms with van der Waals surface area (Å²) in [6.07, 6.45) is 3.62. The molecule has 0 aliphatic heterocycles. The van der Waals surface area contributed by atoms with Gasteiger partial charge in [-0.25, -0.2) is 9.37 Å². The molecule has 2 heterocycles. The second-order valence-electron chi connectivity index (χ2n) is 9.16. The molecule has 0 saturated heterocycles. The van der Waals surface area contributed by atoms with E-state index in [1.807, 2.05) is 0 Å². The van der Waals surface area contributed by atoms with Crippen molar-refractivity contribution in [2.24, 2.45) is 5.92 Å². The van der Waals surface area contributed by atoms with E-state index in [0.29, 0.717) is 29.2 Å². The van der Waals surface area contributed by atoms with Gasteiger partial charge in [0.2, 0.25) is 11.7 Å². The number of aryl methyl sites for hydroxylation is 1. The molecule has 0 unspecified atom stereocenters. The van der Waals surface area contributed by atoms with Gasteiger partial charge in [-0.05, 0) is 67.1 Å². The normalized spacial score (nSPS) is 17.3. The molecule has 2 aromatic heterocycles. The molecule has 4 rings (SSSR count). The molecule has 3 aromatic rings. The summed E-state index contributed by atoms with van der Waals surface area (Å²) in [6.45, 7) is 1.99. The van der Waals surface area contributed by atoms with Gasteiger partial charge in [0.1, 0.15) is 12.3 Å². The van der Waals surface area contributed by atoms with Crippen LogP contribution >= 0.6 is 0 Å². The molecule has 11 nitrogen and oxygen atoms in total. The summed E-state index contributed by atoms with van der Waals surface area (Å²) in [5.74, 6) is -0.472. The third-order valence-electron chi connectivity index (χ3n) is 6.28. The number of aliphatic hydroxyl groups excluding tert-OH is 1. The zero-order valence-corrected chi connectivity index (χ0v) is 20.8. The predicted molar refractivity (Wildman–Crippen MR) is 131 cm³/mol. The monoisotopic (exact) mass is 511 g/mol. The van der Waals surface area contributed by atoms with Crippen molar-refractivity contribution in [1.82, 2.24) is 35.8 Å². The summed E-state index contributed by atoms with van der Waals surface area (Å²) in [7, 11) is 1.38. The Balaban J connectivity index is 1.40. The van der Waals surface area contributed by atoms with Gasteiger partial charge in [0.15, 0.2) is 11.6 Å². The largest absolute Gasteiger partial charge is 0.494 e. The molecular weight excluding hydrogens is 481 g/mol. The van der Waals surface area contributed by atoms with Crippen LogP contribution in [0.1, 0.15) is 47.4 Å². The van der Waals surface area contributed by atoms with E-state index in [9.17, 15) is 14.0 Å². The van der Waals surface area contributed by atoms with E-state index in [0.717, 1.165) is 25.7 Å². The molecule has 0 bridgehead atoms. The van der Waals surface area contributed by atoms with E-state index < -0.39 is 12.4 Å². The number of aromatic nitrogens is 5. The molecule has 0 radical (unpaired) electrons. The number of nitrogens with zero attached hydrogens (tertiary/aromatic N) is 5. The number of carbonyl (C=O) groups excluding carboxylic acids is 2. The number of rotatable bonds is 9. The minimum absolute atomic E-state index is 0.0290. The average Bonchev–Trinajstić information content (AvgIpc) is 3.36. The molecule has 0 spiro atoms. The molecular formula is C25H30FN7O4. The number of aliphatic hydroxyl groups is 1. The topological polar surface area (TPSA) is 144 Å². The zero-order valence-electron chi connectivity index (χ0n) is 20.8. The van der Waals surface area contributed by atoms with Gasteiger partial charge in [-0.15, -0.1) is 10.2 Å². The van der Waals surface area contributed by atoms with Gasteiger partial charge in [-0.2, -0.15) is 4.80 Å². The highest BCUT2D eigenvalue weighted by Gasteiger charge is 2.24. The van der Waals surface area contributed by atoms with Gasteiger partial charge < -0.3 is 20.5 Å². The number of nitrogens with one attached hydrogen (secondary N) is 2.